The molecule has 1 aliphatic carbocycles. The molecule has 0 amide bonds. The van der Waals surface area contributed by atoms with E-state index in [1.54, 1.807) is 0 Å². The van der Waals surface area contributed by atoms with Crippen LogP contribution in [0.3, 0.4) is 0 Å². The van der Waals surface area contributed by atoms with Crippen LogP contribution in [0.25, 0.3) is 0 Å². The number of hydrogen-bond acceptors (Lipinski definition) is 3. The largest absolute Gasteiger partial charge is 0.489 e. The quantitative estimate of drug-likeness (QED) is 0.341. The van der Waals surface area contributed by atoms with Crippen molar-refractivity contribution in [2.24, 2.45) is 11.7 Å². The SMILES string of the molecule is C=C(C)/C(C)=C(\C(=C)OC(C)C)N(CC1CCC[C@H](N)C1)C(=C)CCCC. The number of nitrogens with zero attached hydrogens (tertiary/aromatic N) is 1. The Hall–Kier alpha value is -1.48. The lowest BCUT2D eigenvalue weighted by Gasteiger charge is -2.37. The Labute approximate surface area is 168 Å². The van der Waals surface area contributed by atoms with E-state index in [-0.39, 0.29) is 6.10 Å². The summed E-state index contributed by atoms with van der Waals surface area (Å²) in [5.41, 5.74) is 10.6. The van der Waals surface area contributed by atoms with Gasteiger partial charge in [0.15, 0.2) is 0 Å². The van der Waals surface area contributed by atoms with Gasteiger partial charge in [0, 0.05) is 18.3 Å². The molecule has 0 heterocycles. The van der Waals surface area contributed by atoms with Gasteiger partial charge in [0.25, 0.3) is 0 Å². The summed E-state index contributed by atoms with van der Waals surface area (Å²) in [5.74, 6) is 1.29. The molecule has 0 bridgehead atoms. The maximum absolute atomic E-state index is 6.26. The summed E-state index contributed by atoms with van der Waals surface area (Å²) in [6, 6.07) is 0.319. The average Bonchev–Trinajstić information content (AvgIpc) is 2.58. The van der Waals surface area contributed by atoms with E-state index in [9.17, 15) is 0 Å². The molecule has 2 N–H and O–H groups in total. The van der Waals surface area contributed by atoms with Crippen LogP contribution in [0.5, 0.6) is 0 Å². The first kappa shape index (κ1) is 23.6. The number of unbranched alkanes of at least 4 members (excludes halogenated alkanes) is 1. The summed E-state index contributed by atoms with van der Waals surface area (Å²) >= 11 is 0. The second kappa shape index (κ2) is 11.4. The van der Waals surface area contributed by atoms with Gasteiger partial charge in [-0.3, -0.25) is 0 Å². The lowest BCUT2D eigenvalue weighted by Crippen LogP contribution is -2.36. The molecule has 0 aliphatic heterocycles. The number of ether oxygens (including phenoxy) is 1. The van der Waals surface area contributed by atoms with Crippen LogP contribution in [0.4, 0.5) is 0 Å². The van der Waals surface area contributed by atoms with Gasteiger partial charge < -0.3 is 15.4 Å². The van der Waals surface area contributed by atoms with E-state index in [2.05, 4.69) is 38.5 Å². The number of hydrogen-bond donors (Lipinski definition) is 1. The van der Waals surface area contributed by atoms with Crippen LogP contribution in [0.2, 0.25) is 0 Å². The average molecular weight is 375 g/mol. The van der Waals surface area contributed by atoms with Gasteiger partial charge in [-0.2, -0.15) is 0 Å². The standard InChI is InChI=1S/C24H42N2O/c1-9-10-12-19(6)26(16-22-13-11-14-23(25)15-22)24(20(7)17(2)3)21(8)27-18(4)5/h18,22-23H,2,6,8-16,25H2,1,3-5,7H3/b24-20+/t22?,23-/m0/s1. The fourth-order valence-corrected chi connectivity index (χ4v) is 3.76. The van der Waals surface area contributed by atoms with Crippen LogP contribution >= 0.6 is 0 Å². The van der Waals surface area contributed by atoms with Crippen LogP contribution in [0, 0.1) is 5.92 Å². The maximum atomic E-state index is 6.26. The minimum atomic E-state index is 0.0827. The second-order valence-corrected chi connectivity index (χ2v) is 8.42. The molecular formula is C24H42N2O. The molecule has 1 aliphatic rings. The molecule has 154 valence electrons. The minimum Gasteiger partial charge on any atom is -0.489 e. The molecule has 3 nitrogen and oxygen atoms in total. The van der Waals surface area contributed by atoms with Gasteiger partial charge >= 0.3 is 0 Å². The first-order valence-corrected chi connectivity index (χ1v) is 10.6. The molecule has 3 heteroatoms. The van der Waals surface area contributed by atoms with Gasteiger partial charge in [0.2, 0.25) is 0 Å². The van der Waals surface area contributed by atoms with Gasteiger partial charge in [0.05, 0.1) is 11.8 Å². The highest BCUT2D eigenvalue weighted by Crippen LogP contribution is 2.33. The van der Waals surface area contributed by atoms with Crippen molar-refractivity contribution in [3.63, 3.8) is 0 Å². The smallest absolute Gasteiger partial charge is 0.136 e. The van der Waals surface area contributed by atoms with Crippen LogP contribution in [-0.4, -0.2) is 23.6 Å². The highest BCUT2D eigenvalue weighted by atomic mass is 16.5. The van der Waals surface area contributed by atoms with Crippen molar-refractivity contribution < 1.29 is 4.74 Å². The zero-order chi connectivity index (χ0) is 20.6. The third kappa shape index (κ3) is 7.57. The van der Waals surface area contributed by atoms with E-state index in [0.717, 1.165) is 61.2 Å². The van der Waals surface area contributed by atoms with Crippen LogP contribution in [0.1, 0.15) is 79.6 Å². The Morgan fingerprint density at radius 1 is 1.19 bits per heavy atom. The molecule has 0 radical (unpaired) electrons. The number of allylic oxidation sites excluding steroid dienone is 3. The predicted octanol–water partition coefficient (Wildman–Crippen LogP) is 6.30. The molecule has 1 rings (SSSR count). The highest BCUT2D eigenvalue weighted by Gasteiger charge is 2.26. The van der Waals surface area contributed by atoms with Crippen LogP contribution in [-0.2, 0) is 4.74 Å². The summed E-state index contributed by atoms with van der Waals surface area (Å²) in [7, 11) is 0. The Balaban J connectivity index is 3.23. The van der Waals surface area contributed by atoms with E-state index in [4.69, 9.17) is 10.5 Å². The molecule has 0 aromatic rings. The molecule has 1 unspecified atom stereocenters. The van der Waals surface area contributed by atoms with E-state index < -0.39 is 0 Å². The van der Waals surface area contributed by atoms with Crippen molar-refractivity contribution in [1.29, 1.82) is 0 Å². The summed E-state index contributed by atoms with van der Waals surface area (Å²) in [6.45, 7) is 24.2. The Morgan fingerprint density at radius 2 is 1.85 bits per heavy atom. The molecule has 0 saturated heterocycles. The van der Waals surface area contributed by atoms with E-state index in [1.807, 2.05) is 20.8 Å². The molecule has 0 spiro atoms. The lowest BCUT2D eigenvalue weighted by molar-refractivity contribution is 0.140. The summed E-state index contributed by atoms with van der Waals surface area (Å²) in [4.78, 5) is 2.35. The van der Waals surface area contributed by atoms with Crippen LogP contribution < -0.4 is 5.73 Å². The normalized spacial score (nSPS) is 20.9. The molecular weight excluding hydrogens is 332 g/mol. The monoisotopic (exact) mass is 374 g/mol. The maximum Gasteiger partial charge on any atom is 0.136 e. The van der Waals surface area contributed by atoms with Crippen molar-refractivity contribution in [2.75, 3.05) is 6.54 Å². The van der Waals surface area contributed by atoms with E-state index in [1.165, 1.54) is 12.8 Å². The van der Waals surface area contributed by atoms with Gasteiger partial charge in [-0.1, -0.05) is 45.1 Å². The molecule has 0 aromatic carbocycles. The van der Waals surface area contributed by atoms with Gasteiger partial charge in [-0.25, -0.2) is 0 Å². The zero-order valence-electron chi connectivity index (χ0n) is 18.4. The summed E-state index contributed by atoms with van der Waals surface area (Å²) < 4.78 is 6.03. The lowest BCUT2D eigenvalue weighted by atomic mass is 9.85. The van der Waals surface area contributed by atoms with Gasteiger partial charge in [-0.15, -0.1) is 0 Å². The number of rotatable bonds is 11. The molecule has 0 aromatic heterocycles. The summed E-state index contributed by atoms with van der Waals surface area (Å²) in [6.07, 6.45) is 8.01. The molecule has 1 fully saturated rings. The second-order valence-electron chi connectivity index (χ2n) is 8.42. The Morgan fingerprint density at radius 3 is 2.37 bits per heavy atom. The first-order chi connectivity index (χ1) is 12.7. The van der Waals surface area contributed by atoms with Gasteiger partial charge in [0.1, 0.15) is 5.76 Å². The van der Waals surface area contributed by atoms with Crippen LogP contribution in [0.15, 0.2) is 48.0 Å². The summed E-state index contributed by atoms with van der Waals surface area (Å²) in [5, 5.41) is 0. The van der Waals surface area contributed by atoms with Crippen molar-refractivity contribution in [3.8, 4) is 0 Å². The number of nitrogens with two attached hydrogens (primary N) is 1. The molecule has 27 heavy (non-hydrogen) atoms. The van der Waals surface area contributed by atoms with Crippen molar-refractivity contribution in [1.82, 2.24) is 4.90 Å². The van der Waals surface area contributed by atoms with E-state index >= 15 is 0 Å². The fourth-order valence-electron chi connectivity index (χ4n) is 3.76. The molecule has 2 atom stereocenters. The molecule has 1 saturated carbocycles. The third-order valence-corrected chi connectivity index (χ3v) is 5.37. The zero-order valence-corrected chi connectivity index (χ0v) is 18.4. The Kier molecular flexibility index (Phi) is 9.93. The fraction of sp³-hybridized carbons (Fsp3) is 0.667. The predicted molar refractivity (Wildman–Crippen MR) is 118 cm³/mol. The van der Waals surface area contributed by atoms with E-state index in [0.29, 0.717) is 17.7 Å². The van der Waals surface area contributed by atoms with Crippen molar-refractivity contribution in [2.45, 2.75) is 91.7 Å². The van der Waals surface area contributed by atoms with Crippen molar-refractivity contribution >= 4 is 0 Å². The Bertz CT molecular complexity index is 559. The first-order valence-electron chi connectivity index (χ1n) is 10.6. The minimum absolute atomic E-state index is 0.0827. The third-order valence-electron chi connectivity index (χ3n) is 5.37. The van der Waals surface area contributed by atoms with Gasteiger partial charge in [-0.05, 0) is 71.3 Å². The highest BCUT2D eigenvalue weighted by molar-refractivity contribution is 5.39. The van der Waals surface area contributed by atoms with Crippen molar-refractivity contribution in [3.05, 3.63) is 48.0 Å². The topological polar surface area (TPSA) is 38.5 Å².